The molecule has 0 bridgehead atoms. The van der Waals surface area contributed by atoms with Crippen LogP contribution in [0.15, 0.2) is 0 Å². The molecular weight excluding hydrogens is 176 g/mol. The fourth-order valence-electron chi connectivity index (χ4n) is 0.903. The van der Waals surface area contributed by atoms with Crippen molar-refractivity contribution in [1.29, 1.82) is 0 Å². The quantitative estimate of drug-likeness (QED) is 0.400. The summed E-state index contributed by atoms with van der Waals surface area (Å²) in [7, 11) is 0. The van der Waals surface area contributed by atoms with E-state index in [0.29, 0.717) is 13.1 Å². The van der Waals surface area contributed by atoms with E-state index in [2.05, 4.69) is 10.6 Å². The van der Waals surface area contributed by atoms with Crippen molar-refractivity contribution in [3.8, 4) is 0 Å². The summed E-state index contributed by atoms with van der Waals surface area (Å²) in [5, 5.41) is 22.4. The number of rotatable bonds is 4. The number of carbonyl (C=O) groups is 2. The molecule has 1 heterocycles. The van der Waals surface area contributed by atoms with E-state index >= 15 is 0 Å². The lowest BCUT2D eigenvalue weighted by atomic mass is 10.0. The van der Waals surface area contributed by atoms with E-state index in [1.807, 2.05) is 0 Å². The summed E-state index contributed by atoms with van der Waals surface area (Å²) in [6.07, 6.45) is -1.52. The number of carboxylic acids is 1. The maximum Gasteiger partial charge on any atom is 0.334 e. The van der Waals surface area contributed by atoms with Gasteiger partial charge in [0.05, 0.1) is 12.5 Å². The molecule has 0 aromatic heterocycles. The molecule has 74 valence electrons. The minimum atomic E-state index is -1.52. The summed E-state index contributed by atoms with van der Waals surface area (Å²) in [5.74, 6) is -1.62. The molecule has 6 heteroatoms. The molecule has 1 aliphatic heterocycles. The first-order valence-electron chi connectivity index (χ1n) is 4.00. The third-order valence-corrected chi connectivity index (χ3v) is 1.91. The van der Waals surface area contributed by atoms with Gasteiger partial charge >= 0.3 is 5.97 Å². The summed E-state index contributed by atoms with van der Waals surface area (Å²) in [4.78, 5) is 21.2. The molecular formula is C7H12N2O4. The Kier molecular flexibility index (Phi) is 3.21. The monoisotopic (exact) mass is 188 g/mol. The average molecular weight is 188 g/mol. The lowest BCUT2D eigenvalue weighted by molar-refractivity contribution is -0.146. The van der Waals surface area contributed by atoms with Gasteiger partial charge in [0.25, 0.3) is 0 Å². The number of hydrogen-bond acceptors (Lipinski definition) is 4. The van der Waals surface area contributed by atoms with Gasteiger partial charge in [0.15, 0.2) is 6.10 Å². The fourth-order valence-corrected chi connectivity index (χ4v) is 0.903. The fraction of sp³-hybridized carbons (Fsp3) is 0.714. The van der Waals surface area contributed by atoms with E-state index in [4.69, 9.17) is 10.2 Å². The Balaban J connectivity index is 2.17. The molecule has 1 atom stereocenters. The number of nitrogens with one attached hydrogen (secondary N) is 2. The van der Waals surface area contributed by atoms with Gasteiger partial charge in [-0.25, -0.2) is 4.79 Å². The van der Waals surface area contributed by atoms with Gasteiger partial charge in [-0.2, -0.15) is 0 Å². The zero-order valence-corrected chi connectivity index (χ0v) is 6.99. The minimum Gasteiger partial charge on any atom is -0.479 e. The van der Waals surface area contributed by atoms with Gasteiger partial charge in [0, 0.05) is 13.1 Å². The van der Waals surface area contributed by atoms with Gasteiger partial charge in [0.2, 0.25) is 5.91 Å². The lowest BCUT2D eigenvalue weighted by Crippen LogP contribution is -2.52. The Morgan fingerprint density at radius 3 is 2.54 bits per heavy atom. The van der Waals surface area contributed by atoms with Crippen LogP contribution in [0.4, 0.5) is 0 Å². The zero-order chi connectivity index (χ0) is 9.84. The summed E-state index contributed by atoms with van der Waals surface area (Å²) in [5.41, 5.74) is 0. The van der Waals surface area contributed by atoms with Crippen LogP contribution in [0.3, 0.4) is 0 Å². The van der Waals surface area contributed by atoms with Gasteiger partial charge in [-0.1, -0.05) is 0 Å². The molecule has 0 radical (unpaired) electrons. The zero-order valence-electron chi connectivity index (χ0n) is 6.99. The predicted molar refractivity (Wildman–Crippen MR) is 43.0 cm³/mol. The normalized spacial score (nSPS) is 18.8. The first-order valence-corrected chi connectivity index (χ1v) is 4.00. The predicted octanol–water partition coefficient (Wildman–Crippen LogP) is -2.23. The lowest BCUT2D eigenvalue weighted by Gasteiger charge is -2.25. The van der Waals surface area contributed by atoms with Crippen molar-refractivity contribution in [2.75, 3.05) is 19.6 Å². The van der Waals surface area contributed by atoms with Gasteiger partial charge in [-0.3, -0.25) is 4.79 Å². The van der Waals surface area contributed by atoms with Crippen molar-refractivity contribution >= 4 is 11.9 Å². The first kappa shape index (κ1) is 9.94. The van der Waals surface area contributed by atoms with E-state index in [1.165, 1.54) is 0 Å². The van der Waals surface area contributed by atoms with Crippen molar-refractivity contribution in [1.82, 2.24) is 10.6 Å². The molecule has 6 nitrogen and oxygen atoms in total. The average Bonchev–Trinajstić information content (AvgIpc) is 1.96. The molecule has 0 spiro atoms. The van der Waals surface area contributed by atoms with Crippen LogP contribution >= 0.6 is 0 Å². The Hall–Kier alpha value is -1.14. The number of carbonyl (C=O) groups excluding carboxylic acids is 1. The van der Waals surface area contributed by atoms with Crippen LogP contribution in [0.25, 0.3) is 0 Å². The highest BCUT2D eigenvalue weighted by Gasteiger charge is 2.25. The first-order chi connectivity index (χ1) is 6.11. The smallest absolute Gasteiger partial charge is 0.334 e. The van der Waals surface area contributed by atoms with Crippen LogP contribution < -0.4 is 10.6 Å². The largest absolute Gasteiger partial charge is 0.479 e. The molecule has 1 aliphatic rings. The molecule has 1 amide bonds. The molecule has 0 aliphatic carbocycles. The second-order valence-electron chi connectivity index (χ2n) is 2.95. The van der Waals surface area contributed by atoms with Crippen molar-refractivity contribution in [2.45, 2.75) is 6.10 Å². The number of aliphatic carboxylic acids is 1. The molecule has 1 rings (SSSR count). The molecule has 1 unspecified atom stereocenters. The molecule has 1 fully saturated rings. The SMILES string of the molecule is O=C(O)C(O)CNC(=O)C1CNC1. The van der Waals surface area contributed by atoms with Crippen LogP contribution in [0.5, 0.6) is 0 Å². The Morgan fingerprint density at radius 2 is 2.15 bits per heavy atom. The number of aliphatic hydroxyl groups is 1. The Bertz CT molecular complexity index is 215. The number of aliphatic hydroxyl groups excluding tert-OH is 1. The molecule has 13 heavy (non-hydrogen) atoms. The van der Waals surface area contributed by atoms with Crippen molar-refractivity contribution < 1.29 is 19.8 Å². The van der Waals surface area contributed by atoms with Crippen LogP contribution in [0.2, 0.25) is 0 Å². The highest BCUT2D eigenvalue weighted by atomic mass is 16.4. The highest BCUT2D eigenvalue weighted by molar-refractivity contribution is 5.81. The molecule has 0 saturated carbocycles. The van der Waals surface area contributed by atoms with E-state index < -0.39 is 12.1 Å². The molecule has 0 aromatic carbocycles. The molecule has 0 aromatic rings. The summed E-state index contributed by atoms with van der Waals surface area (Å²) in [6, 6.07) is 0. The maximum absolute atomic E-state index is 11.1. The van der Waals surface area contributed by atoms with Crippen molar-refractivity contribution in [3.63, 3.8) is 0 Å². The maximum atomic E-state index is 11.1. The second kappa shape index (κ2) is 4.20. The van der Waals surface area contributed by atoms with Crippen LogP contribution in [-0.2, 0) is 9.59 Å². The van der Waals surface area contributed by atoms with Crippen LogP contribution in [0, 0.1) is 5.92 Å². The highest BCUT2D eigenvalue weighted by Crippen LogP contribution is 2.01. The minimum absolute atomic E-state index is 0.0824. The third kappa shape index (κ3) is 2.67. The number of carboxylic acid groups (broad SMARTS) is 1. The van der Waals surface area contributed by atoms with Crippen LogP contribution in [0.1, 0.15) is 0 Å². The summed E-state index contributed by atoms with van der Waals surface area (Å²) < 4.78 is 0. The summed E-state index contributed by atoms with van der Waals surface area (Å²) in [6.45, 7) is 1.01. The standard InChI is InChI=1S/C7H12N2O4/c10-5(7(12)13)3-9-6(11)4-1-8-2-4/h4-5,8,10H,1-3H2,(H,9,11)(H,12,13). The molecule has 4 N–H and O–H groups in total. The topological polar surface area (TPSA) is 98.7 Å². The van der Waals surface area contributed by atoms with E-state index in [-0.39, 0.29) is 18.4 Å². The van der Waals surface area contributed by atoms with E-state index in [0.717, 1.165) is 0 Å². The van der Waals surface area contributed by atoms with Gasteiger partial charge in [-0.05, 0) is 0 Å². The third-order valence-electron chi connectivity index (χ3n) is 1.91. The molecule has 1 saturated heterocycles. The Labute approximate surface area is 74.9 Å². The summed E-state index contributed by atoms with van der Waals surface area (Å²) >= 11 is 0. The number of amides is 1. The van der Waals surface area contributed by atoms with Gasteiger partial charge in [0.1, 0.15) is 0 Å². The second-order valence-corrected chi connectivity index (χ2v) is 2.95. The van der Waals surface area contributed by atoms with E-state index in [1.54, 1.807) is 0 Å². The van der Waals surface area contributed by atoms with Crippen molar-refractivity contribution in [2.24, 2.45) is 5.92 Å². The van der Waals surface area contributed by atoms with Gasteiger partial charge in [-0.15, -0.1) is 0 Å². The number of hydrogen-bond donors (Lipinski definition) is 4. The van der Waals surface area contributed by atoms with E-state index in [9.17, 15) is 9.59 Å². The van der Waals surface area contributed by atoms with Crippen molar-refractivity contribution in [3.05, 3.63) is 0 Å². The Morgan fingerprint density at radius 1 is 1.54 bits per heavy atom. The van der Waals surface area contributed by atoms with Gasteiger partial charge < -0.3 is 20.8 Å². The van der Waals surface area contributed by atoms with Crippen LogP contribution in [-0.4, -0.2) is 47.8 Å².